The molecule has 0 aliphatic heterocycles. The second kappa shape index (κ2) is 3.81. The van der Waals surface area contributed by atoms with Gasteiger partial charge in [-0.05, 0) is 13.3 Å². The summed E-state index contributed by atoms with van der Waals surface area (Å²) in [5, 5.41) is 0. The first kappa shape index (κ1) is 9.75. The molecule has 61 valence electrons. The molecule has 1 atom stereocenters. The van der Waals surface area contributed by atoms with Crippen molar-refractivity contribution in [3.63, 3.8) is 0 Å². The van der Waals surface area contributed by atoms with E-state index in [4.69, 9.17) is 0 Å². The lowest BCUT2D eigenvalue weighted by atomic mass is 10.4. The summed E-state index contributed by atoms with van der Waals surface area (Å²) in [6.45, 7) is 3.80. The van der Waals surface area contributed by atoms with E-state index in [1.807, 2.05) is 0 Å². The maximum Gasteiger partial charge on any atom is 0.386 e. The Balaban J connectivity index is 3.63. The molecule has 0 N–H and O–H groups in total. The summed E-state index contributed by atoms with van der Waals surface area (Å²) >= 11 is 0. The van der Waals surface area contributed by atoms with Crippen LogP contribution in [0.4, 0.5) is 13.2 Å². The van der Waals surface area contributed by atoms with Crippen molar-refractivity contribution in [3.05, 3.63) is 6.92 Å². The van der Waals surface area contributed by atoms with Gasteiger partial charge in [0, 0.05) is 0 Å². The number of hydrogen-bond acceptors (Lipinski definition) is 1. The largest absolute Gasteiger partial charge is 0.386 e. The summed E-state index contributed by atoms with van der Waals surface area (Å²) in [6.07, 6.45) is -5.71. The highest BCUT2D eigenvalue weighted by atomic mass is 19.3. The van der Waals surface area contributed by atoms with Crippen LogP contribution in [0.1, 0.15) is 13.3 Å². The van der Waals surface area contributed by atoms with E-state index in [9.17, 15) is 13.2 Å². The third-order valence-corrected chi connectivity index (χ3v) is 0.902. The van der Waals surface area contributed by atoms with E-state index in [1.54, 1.807) is 0 Å². The molecule has 0 saturated carbocycles. The third kappa shape index (κ3) is 3.06. The molecule has 0 rings (SSSR count). The maximum absolute atomic E-state index is 12.1. The standard InChI is InChI=1S/C6H10F3O/c1-3-4-10-6(8,9)5(2)7/h5H,1,3-4H2,2H3. The van der Waals surface area contributed by atoms with Crippen LogP contribution in [0.15, 0.2) is 0 Å². The smallest absolute Gasteiger partial charge is 0.318 e. The van der Waals surface area contributed by atoms with Crippen molar-refractivity contribution < 1.29 is 17.9 Å². The van der Waals surface area contributed by atoms with E-state index in [-0.39, 0.29) is 13.0 Å². The zero-order valence-corrected chi connectivity index (χ0v) is 5.74. The Bertz CT molecular complexity index is 93.0. The van der Waals surface area contributed by atoms with Crippen molar-refractivity contribution in [2.24, 2.45) is 0 Å². The molecule has 1 nitrogen and oxygen atoms in total. The van der Waals surface area contributed by atoms with Gasteiger partial charge in [-0.1, -0.05) is 6.92 Å². The van der Waals surface area contributed by atoms with Gasteiger partial charge in [0.25, 0.3) is 0 Å². The molecule has 0 heterocycles. The van der Waals surface area contributed by atoms with Crippen LogP contribution < -0.4 is 0 Å². The van der Waals surface area contributed by atoms with Gasteiger partial charge in [-0.25, -0.2) is 4.39 Å². The second-order valence-corrected chi connectivity index (χ2v) is 1.88. The highest BCUT2D eigenvalue weighted by Crippen LogP contribution is 2.22. The van der Waals surface area contributed by atoms with Crippen molar-refractivity contribution in [2.45, 2.75) is 25.6 Å². The minimum absolute atomic E-state index is 0.211. The molecule has 0 spiro atoms. The zero-order valence-electron chi connectivity index (χ0n) is 5.74. The Hall–Kier alpha value is -0.250. The van der Waals surface area contributed by atoms with Gasteiger partial charge < -0.3 is 4.74 Å². The van der Waals surface area contributed by atoms with Crippen molar-refractivity contribution in [1.82, 2.24) is 0 Å². The minimum Gasteiger partial charge on any atom is -0.318 e. The fourth-order valence-corrected chi connectivity index (χ4v) is 0.323. The molecule has 1 radical (unpaired) electrons. The van der Waals surface area contributed by atoms with E-state index in [2.05, 4.69) is 11.7 Å². The molecule has 0 amide bonds. The summed E-state index contributed by atoms with van der Waals surface area (Å²) < 4.78 is 40.0. The molecule has 0 aromatic rings. The molecule has 0 saturated heterocycles. The predicted molar refractivity (Wildman–Crippen MR) is 31.4 cm³/mol. The molecular weight excluding hydrogens is 145 g/mol. The van der Waals surface area contributed by atoms with E-state index in [1.165, 1.54) is 0 Å². The minimum atomic E-state index is -3.66. The summed E-state index contributed by atoms with van der Waals surface area (Å²) in [7, 11) is 0. The van der Waals surface area contributed by atoms with Crippen molar-refractivity contribution in [2.75, 3.05) is 6.61 Å². The van der Waals surface area contributed by atoms with E-state index < -0.39 is 12.3 Å². The SMILES string of the molecule is [CH2]CCOC(F)(F)C(C)F. The summed E-state index contributed by atoms with van der Waals surface area (Å²) in [5.74, 6) is 0. The molecule has 0 aliphatic carbocycles. The molecule has 10 heavy (non-hydrogen) atoms. The fourth-order valence-electron chi connectivity index (χ4n) is 0.323. The topological polar surface area (TPSA) is 9.23 Å². The fraction of sp³-hybridized carbons (Fsp3) is 0.833. The lowest BCUT2D eigenvalue weighted by molar-refractivity contribution is -0.269. The van der Waals surface area contributed by atoms with E-state index in [0.29, 0.717) is 0 Å². The first-order valence-electron chi connectivity index (χ1n) is 2.96. The normalized spacial score (nSPS) is 15.3. The van der Waals surface area contributed by atoms with Crippen LogP contribution in [-0.4, -0.2) is 18.9 Å². The maximum atomic E-state index is 12.1. The Morgan fingerprint density at radius 1 is 1.60 bits per heavy atom. The highest BCUT2D eigenvalue weighted by Gasteiger charge is 2.37. The van der Waals surface area contributed by atoms with Crippen LogP contribution in [0.2, 0.25) is 0 Å². The summed E-state index contributed by atoms with van der Waals surface area (Å²) in [4.78, 5) is 0. The monoisotopic (exact) mass is 155 g/mol. The second-order valence-electron chi connectivity index (χ2n) is 1.88. The van der Waals surface area contributed by atoms with Crippen LogP contribution in [0.5, 0.6) is 0 Å². The molecule has 1 unspecified atom stereocenters. The van der Waals surface area contributed by atoms with E-state index >= 15 is 0 Å². The zero-order chi connectivity index (χ0) is 8.20. The van der Waals surface area contributed by atoms with E-state index in [0.717, 1.165) is 6.92 Å². The van der Waals surface area contributed by atoms with Gasteiger partial charge in [0.05, 0.1) is 6.61 Å². The van der Waals surface area contributed by atoms with Crippen LogP contribution in [0, 0.1) is 6.92 Å². The molecule has 0 aromatic carbocycles. The first-order valence-corrected chi connectivity index (χ1v) is 2.96. The van der Waals surface area contributed by atoms with Gasteiger partial charge in [-0.3, -0.25) is 0 Å². The van der Waals surface area contributed by atoms with Crippen LogP contribution >= 0.6 is 0 Å². The van der Waals surface area contributed by atoms with Gasteiger partial charge in [-0.2, -0.15) is 8.78 Å². The predicted octanol–water partition coefficient (Wildman–Crippen LogP) is 2.18. The van der Waals surface area contributed by atoms with Gasteiger partial charge in [0.15, 0.2) is 6.17 Å². The number of alkyl halides is 3. The van der Waals surface area contributed by atoms with Crippen molar-refractivity contribution in [3.8, 4) is 0 Å². The Morgan fingerprint density at radius 3 is 2.40 bits per heavy atom. The molecular formula is C6H10F3O. The Kier molecular flexibility index (Phi) is 3.71. The number of halogens is 3. The van der Waals surface area contributed by atoms with Gasteiger partial charge in [0.1, 0.15) is 0 Å². The van der Waals surface area contributed by atoms with Gasteiger partial charge in [0.2, 0.25) is 0 Å². The third-order valence-electron chi connectivity index (χ3n) is 0.902. The Morgan fingerprint density at radius 2 is 2.10 bits per heavy atom. The molecule has 4 heteroatoms. The lowest BCUT2D eigenvalue weighted by Gasteiger charge is -2.16. The van der Waals surface area contributed by atoms with Crippen molar-refractivity contribution in [1.29, 1.82) is 0 Å². The first-order chi connectivity index (χ1) is 4.50. The van der Waals surface area contributed by atoms with Crippen LogP contribution in [-0.2, 0) is 4.74 Å². The van der Waals surface area contributed by atoms with Gasteiger partial charge in [-0.15, -0.1) is 0 Å². The number of hydrogen-bond donors (Lipinski definition) is 0. The Labute approximate surface area is 58.2 Å². The quantitative estimate of drug-likeness (QED) is 0.604. The average molecular weight is 155 g/mol. The van der Waals surface area contributed by atoms with Crippen LogP contribution in [0.3, 0.4) is 0 Å². The summed E-state index contributed by atoms with van der Waals surface area (Å²) in [5.41, 5.74) is 0. The number of ether oxygens (including phenoxy) is 1. The molecule has 0 bridgehead atoms. The lowest BCUT2D eigenvalue weighted by Crippen LogP contribution is -2.31. The molecule has 0 fully saturated rings. The number of rotatable bonds is 4. The summed E-state index contributed by atoms with van der Waals surface area (Å²) in [6, 6.07) is 0. The molecule has 0 aliphatic rings. The van der Waals surface area contributed by atoms with Crippen LogP contribution in [0.25, 0.3) is 0 Å². The van der Waals surface area contributed by atoms with Gasteiger partial charge >= 0.3 is 6.11 Å². The average Bonchev–Trinajstić information content (AvgIpc) is 1.84. The van der Waals surface area contributed by atoms with Crippen molar-refractivity contribution >= 4 is 0 Å². The molecule has 0 aromatic heterocycles. The highest BCUT2D eigenvalue weighted by molar-refractivity contribution is 4.60.